The lowest BCUT2D eigenvalue weighted by molar-refractivity contribution is -0.387. The molecule has 0 bridgehead atoms. The van der Waals surface area contributed by atoms with Crippen LogP contribution in [0.5, 0.6) is 0 Å². The van der Waals surface area contributed by atoms with E-state index in [1.807, 2.05) is 0 Å². The van der Waals surface area contributed by atoms with E-state index in [1.165, 1.54) is 18.2 Å². The van der Waals surface area contributed by atoms with Crippen LogP contribution in [0.1, 0.15) is 5.56 Å². The highest BCUT2D eigenvalue weighted by Gasteiger charge is 2.19. The van der Waals surface area contributed by atoms with Crippen molar-refractivity contribution in [3.63, 3.8) is 0 Å². The van der Waals surface area contributed by atoms with Gasteiger partial charge >= 0.3 is 5.69 Å². The van der Waals surface area contributed by atoms with E-state index < -0.39 is 33.0 Å². The molecule has 0 fully saturated rings. The smallest absolute Gasteiger partial charge is 0.305 e. The molecule has 21 heavy (non-hydrogen) atoms. The van der Waals surface area contributed by atoms with Crippen molar-refractivity contribution in [2.75, 3.05) is 5.73 Å². The van der Waals surface area contributed by atoms with Crippen molar-refractivity contribution in [3.8, 4) is 0 Å². The fourth-order valence-electron chi connectivity index (χ4n) is 1.76. The van der Waals surface area contributed by atoms with Gasteiger partial charge in [0.15, 0.2) is 0 Å². The number of hydrogen-bond acceptors (Lipinski definition) is 4. The molecule has 8 heteroatoms. The summed E-state index contributed by atoms with van der Waals surface area (Å²) < 4.78 is 39.2. The van der Waals surface area contributed by atoms with Crippen LogP contribution < -0.4 is 5.73 Å². The molecular weight excluding hydrogens is 302 g/mol. The van der Waals surface area contributed by atoms with Crippen LogP contribution in [0.4, 0.5) is 20.2 Å². The lowest BCUT2D eigenvalue weighted by Crippen LogP contribution is -2.03. The third kappa shape index (κ3) is 3.40. The van der Waals surface area contributed by atoms with Gasteiger partial charge in [-0.3, -0.25) is 14.3 Å². The number of nitrogen functional groups attached to an aromatic ring is 1. The van der Waals surface area contributed by atoms with E-state index in [-0.39, 0.29) is 21.9 Å². The second kappa shape index (κ2) is 5.96. The van der Waals surface area contributed by atoms with Gasteiger partial charge in [0.25, 0.3) is 0 Å². The number of nitro benzene ring substituents is 1. The van der Waals surface area contributed by atoms with Gasteiger partial charge in [-0.15, -0.1) is 0 Å². The summed E-state index contributed by atoms with van der Waals surface area (Å²) in [5, 5.41) is 10.6. The van der Waals surface area contributed by atoms with E-state index in [1.54, 1.807) is 0 Å². The number of nitrogens with two attached hydrogens (primary N) is 1. The molecule has 0 amide bonds. The molecule has 2 aromatic rings. The number of rotatable bonds is 4. The van der Waals surface area contributed by atoms with Gasteiger partial charge in [-0.25, -0.2) is 4.39 Å². The second-order valence-corrected chi connectivity index (χ2v) is 5.67. The van der Waals surface area contributed by atoms with E-state index in [4.69, 9.17) is 5.73 Å². The van der Waals surface area contributed by atoms with Gasteiger partial charge in [-0.1, -0.05) is 12.1 Å². The normalized spacial score (nSPS) is 12.1. The maximum Gasteiger partial charge on any atom is 0.305 e. The molecule has 0 radical (unpaired) electrons. The van der Waals surface area contributed by atoms with Gasteiger partial charge in [0.1, 0.15) is 5.82 Å². The van der Waals surface area contributed by atoms with E-state index in [0.717, 1.165) is 18.2 Å². The van der Waals surface area contributed by atoms with Crippen LogP contribution in [-0.2, 0) is 16.6 Å². The van der Waals surface area contributed by atoms with Crippen molar-refractivity contribution in [3.05, 3.63) is 63.7 Å². The van der Waals surface area contributed by atoms with Crippen molar-refractivity contribution >= 4 is 22.2 Å². The summed E-state index contributed by atoms with van der Waals surface area (Å²) in [7, 11) is -1.77. The Morgan fingerprint density at radius 1 is 1.24 bits per heavy atom. The first-order valence-corrected chi connectivity index (χ1v) is 7.06. The third-order valence-electron chi connectivity index (χ3n) is 2.70. The zero-order valence-corrected chi connectivity index (χ0v) is 11.4. The first kappa shape index (κ1) is 15.0. The Hall–Kier alpha value is -2.35. The molecule has 1 unspecified atom stereocenters. The molecule has 0 spiro atoms. The fourth-order valence-corrected chi connectivity index (χ4v) is 2.94. The minimum atomic E-state index is -1.77. The SMILES string of the molecule is Nc1cc(F)cc(S(=O)Cc2cccc([N+](=O)[O-])c2F)c1. The lowest BCUT2D eigenvalue weighted by Gasteiger charge is -2.05. The van der Waals surface area contributed by atoms with Crippen LogP contribution in [0.3, 0.4) is 0 Å². The molecule has 110 valence electrons. The largest absolute Gasteiger partial charge is 0.399 e. The molecule has 0 aliphatic heterocycles. The Bertz CT molecular complexity index is 717. The lowest BCUT2D eigenvalue weighted by atomic mass is 10.2. The zero-order valence-electron chi connectivity index (χ0n) is 10.6. The van der Waals surface area contributed by atoms with Crippen molar-refractivity contribution in [1.82, 2.24) is 0 Å². The molecule has 0 aromatic heterocycles. The topological polar surface area (TPSA) is 86.2 Å². The van der Waals surface area contributed by atoms with E-state index in [9.17, 15) is 23.1 Å². The third-order valence-corrected chi connectivity index (χ3v) is 4.03. The maximum atomic E-state index is 13.9. The zero-order chi connectivity index (χ0) is 15.6. The Morgan fingerprint density at radius 3 is 2.57 bits per heavy atom. The van der Waals surface area contributed by atoms with Gasteiger partial charge in [-0.2, -0.15) is 4.39 Å². The summed E-state index contributed by atoms with van der Waals surface area (Å²) in [5.74, 6) is -2.01. The number of benzene rings is 2. The number of halogens is 2. The van der Waals surface area contributed by atoms with Crippen LogP contribution in [0.2, 0.25) is 0 Å². The average Bonchev–Trinajstić information content (AvgIpc) is 2.39. The van der Waals surface area contributed by atoms with E-state index in [0.29, 0.717) is 0 Å². The van der Waals surface area contributed by atoms with Gasteiger partial charge in [0.05, 0.1) is 21.5 Å². The molecule has 0 aliphatic carbocycles. The van der Waals surface area contributed by atoms with Crippen molar-refractivity contribution in [2.24, 2.45) is 0 Å². The molecular formula is C13H10F2N2O3S. The summed E-state index contributed by atoms with van der Waals surface area (Å²) in [5.41, 5.74) is 4.77. The number of nitro groups is 1. The monoisotopic (exact) mass is 312 g/mol. The molecule has 1 atom stereocenters. The number of hydrogen-bond donors (Lipinski definition) is 1. The highest BCUT2D eigenvalue weighted by atomic mass is 32.2. The first-order chi connectivity index (χ1) is 9.88. The molecule has 0 heterocycles. The van der Waals surface area contributed by atoms with Crippen molar-refractivity contribution in [2.45, 2.75) is 10.6 Å². The van der Waals surface area contributed by atoms with Crippen LogP contribution >= 0.6 is 0 Å². The molecule has 0 saturated heterocycles. The molecule has 2 aromatic carbocycles. The van der Waals surface area contributed by atoms with Crippen LogP contribution in [-0.4, -0.2) is 9.13 Å². The van der Waals surface area contributed by atoms with Crippen LogP contribution in [0, 0.1) is 21.7 Å². The fraction of sp³-hybridized carbons (Fsp3) is 0.0769. The number of nitrogens with zero attached hydrogens (tertiary/aromatic N) is 1. The predicted molar refractivity (Wildman–Crippen MR) is 74.0 cm³/mol. The molecule has 2 rings (SSSR count). The van der Waals surface area contributed by atoms with Crippen LogP contribution in [0.25, 0.3) is 0 Å². The summed E-state index contributed by atoms with van der Waals surface area (Å²) in [6.07, 6.45) is 0. The number of anilines is 1. The minimum absolute atomic E-state index is 0.0784. The van der Waals surface area contributed by atoms with Crippen LogP contribution in [0.15, 0.2) is 41.3 Å². The quantitative estimate of drug-likeness (QED) is 0.534. The summed E-state index contributed by atoms with van der Waals surface area (Å²) in [6.45, 7) is 0. The van der Waals surface area contributed by atoms with Gasteiger partial charge in [0, 0.05) is 22.2 Å². The Balaban J connectivity index is 2.32. The van der Waals surface area contributed by atoms with Gasteiger partial charge < -0.3 is 5.73 Å². The minimum Gasteiger partial charge on any atom is -0.399 e. The second-order valence-electron chi connectivity index (χ2n) is 4.22. The summed E-state index contributed by atoms with van der Waals surface area (Å²) >= 11 is 0. The van der Waals surface area contributed by atoms with Gasteiger partial charge in [-0.05, 0) is 18.2 Å². The highest BCUT2D eigenvalue weighted by molar-refractivity contribution is 7.84. The Labute approximate surface area is 121 Å². The Morgan fingerprint density at radius 2 is 1.95 bits per heavy atom. The molecule has 0 saturated carbocycles. The Kier molecular flexibility index (Phi) is 4.27. The highest BCUT2D eigenvalue weighted by Crippen LogP contribution is 2.23. The molecule has 5 nitrogen and oxygen atoms in total. The van der Waals surface area contributed by atoms with E-state index in [2.05, 4.69) is 0 Å². The average molecular weight is 312 g/mol. The maximum absolute atomic E-state index is 13.9. The molecule has 2 N–H and O–H groups in total. The van der Waals surface area contributed by atoms with E-state index >= 15 is 0 Å². The van der Waals surface area contributed by atoms with Crippen molar-refractivity contribution in [1.29, 1.82) is 0 Å². The summed E-state index contributed by atoms with van der Waals surface area (Å²) in [6, 6.07) is 7.02. The predicted octanol–water partition coefficient (Wildman–Crippen LogP) is 2.76. The summed E-state index contributed by atoms with van der Waals surface area (Å²) in [4.78, 5) is 9.88. The van der Waals surface area contributed by atoms with Crippen molar-refractivity contribution < 1.29 is 17.9 Å². The first-order valence-electron chi connectivity index (χ1n) is 5.74. The molecule has 0 aliphatic rings. The standard InChI is InChI=1S/C13H10F2N2O3S/c14-9-4-10(16)6-11(5-9)21(20)7-8-2-1-3-12(13(8)15)17(18)19/h1-6H,7,16H2. The van der Waals surface area contributed by atoms with Gasteiger partial charge in [0.2, 0.25) is 5.82 Å².